The lowest BCUT2D eigenvalue weighted by molar-refractivity contribution is -0.146. The van der Waals surface area contributed by atoms with E-state index in [-0.39, 0.29) is 10.9 Å². The van der Waals surface area contributed by atoms with E-state index in [1.807, 2.05) is 30.3 Å². The molecular formula is C28H32N2O5S. The Hall–Kier alpha value is -3.23. The van der Waals surface area contributed by atoms with E-state index in [0.717, 1.165) is 55.0 Å². The molecule has 0 saturated carbocycles. The summed E-state index contributed by atoms with van der Waals surface area (Å²) in [5, 5.41) is 28.6. The number of hydrogen-bond donors (Lipinski definition) is 3. The van der Waals surface area contributed by atoms with Gasteiger partial charge in [-0.15, -0.1) is 0 Å². The number of nitrogens with zero attached hydrogens (tertiary/aromatic N) is 2. The first kappa shape index (κ1) is 27.4. The monoisotopic (exact) mass is 508 g/mol. The summed E-state index contributed by atoms with van der Waals surface area (Å²) in [6.07, 6.45) is 8.28. The second kappa shape index (κ2) is 14.4. The van der Waals surface area contributed by atoms with Crippen LogP contribution in [0, 0.1) is 0 Å². The number of hydrogen-bond acceptors (Lipinski definition) is 6. The number of aromatic carboxylic acids is 1. The van der Waals surface area contributed by atoms with Crippen molar-refractivity contribution in [3.05, 3.63) is 89.4 Å². The average molecular weight is 509 g/mol. The minimum Gasteiger partial charge on any atom is -0.479 e. The lowest BCUT2D eigenvalue weighted by Gasteiger charge is -2.22. The van der Waals surface area contributed by atoms with Crippen molar-refractivity contribution in [3.63, 3.8) is 0 Å². The van der Waals surface area contributed by atoms with Crippen molar-refractivity contribution in [3.8, 4) is 0 Å². The first-order chi connectivity index (χ1) is 17.5. The standard InChI is InChI=1S/C28H32N2O5S/c31-24(27(32)33)25(36-23-18-19-29-26(30-23)28(34)35)22-17-11-10-16-21(22)15-9-4-2-1-3-6-12-20-13-7-5-8-14-20/h5,7-8,10-11,13-14,16-19,24-25,31H,1-4,6,9,12,15H2,(H,32,33)(H,34,35). The van der Waals surface area contributed by atoms with E-state index in [4.69, 9.17) is 5.11 Å². The fourth-order valence-corrected chi connectivity index (χ4v) is 5.25. The molecular weight excluding hydrogens is 476 g/mol. The summed E-state index contributed by atoms with van der Waals surface area (Å²) >= 11 is 1.03. The largest absolute Gasteiger partial charge is 0.479 e. The highest BCUT2D eigenvalue weighted by Gasteiger charge is 2.30. The molecule has 3 N–H and O–H groups in total. The van der Waals surface area contributed by atoms with E-state index < -0.39 is 23.3 Å². The number of carbonyl (C=O) groups is 2. The van der Waals surface area contributed by atoms with Gasteiger partial charge in [0, 0.05) is 6.20 Å². The third-order valence-electron chi connectivity index (χ3n) is 5.97. The number of thioether (sulfide) groups is 1. The Balaban J connectivity index is 1.56. The van der Waals surface area contributed by atoms with Crippen LogP contribution in [0.25, 0.3) is 0 Å². The quantitative estimate of drug-likeness (QED) is 0.138. The zero-order chi connectivity index (χ0) is 25.8. The summed E-state index contributed by atoms with van der Waals surface area (Å²) in [6.45, 7) is 0. The first-order valence-corrected chi connectivity index (χ1v) is 13.1. The Morgan fingerprint density at radius 2 is 1.44 bits per heavy atom. The van der Waals surface area contributed by atoms with Gasteiger partial charge in [-0.05, 0) is 48.4 Å². The van der Waals surface area contributed by atoms with E-state index in [1.54, 1.807) is 0 Å². The van der Waals surface area contributed by atoms with Gasteiger partial charge in [-0.1, -0.05) is 92.0 Å². The van der Waals surface area contributed by atoms with Crippen molar-refractivity contribution in [1.82, 2.24) is 9.97 Å². The van der Waals surface area contributed by atoms with Gasteiger partial charge in [0.05, 0.1) is 5.25 Å². The van der Waals surface area contributed by atoms with Crippen molar-refractivity contribution < 1.29 is 24.9 Å². The third-order valence-corrected chi connectivity index (χ3v) is 7.21. The number of unbranched alkanes of at least 4 members (excludes halogenated alkanes) is 5. The summed E-state index contributed by atoms with van der Waals surface area (Å²) in [6, 6.07) is 19.5. The van der Waals surface area contributed by atoms with Crippen LogP contribution in [-0.2, 0) is 17.6 Å². The van der Waals surface area contributed by atoms with Gasteiger partial charge in [-0.2, -0.15) is 0 Å². The maximum atomic E-state index is 11.7. The predicted octanol–water partition coefficient (Wildman–Crippen LogP) is 5.58. The van der Waals surface area contributed by atoms with Gasteiger partial charge in [0.2, 0.25) is 5.82 Å². The molecule has 8 heteroatoms. The molecule has 0 bridgehead atoms. The number of benzene rings is 2. The number of carboxylic acid groups (broad SMARTS) is 2. The van der Waals surface area contributed by atoms with Gasteiger partial charge in [0.15, 0.2) is 6.10 Å². The highest BCUT2D eigenvalue weighted by Crippen LogP contribution is 2.39. The van der Waals surface area contributed by atoms with E-state index in [0.29, 0.717) is 0 Å². The second-order valence-electron chi connectivity index (χ2n) is 8.65. The van der Waals surface area contributed by atoms with Crippen molar-refractivity contribution in [2.24, 2.45) is 0 Å². The molecule has 2 unspecified atom stereocenters. The summed E-state index contributed by atoms with van der Waals surface area (Å²) < 4.78 is 0. The number of aliphatic hydroxyl groups excluding tert-OH is 1. The van der Waals surface area contributed by atoms with E-state index >= 15 is 0 Å². The molecule has 0 aliphatic rings. The molecule has 0 saturated heterocycles. The van der Waals surface area contributed by atoms with Crippen LogP contribution in [0.15, 0.2) is 71.9 Å². The number of aliphatic carboxylic acids is 1. The number of rotatable bonds is 15. The molecule has 36 heavy (non-hydrogen) atoms. The molecule has 1 aromatic heterocycles. The Kier molecular flexibility index (Phi) is 10.9. The van der Waals surface area contributed by atoms with Crippen molar-refractivity contribution >= 4 is 23.7 Å². The number of aryl methyl sites for hydroxylation is 2. The lowest BCUT2D eigenvalue weighted by Crippen LogP contribution is -2.26. The fourth-order valence-electron chi connectivity index (χ4n) is 4.10. The maximum Gasteiger partial charge on any atom is 0.373 e. The average Bonchev–Trinajstić information content (AvgIpc) is 2.89. The van der Waals surface area contributed by atoms with Gasteiger partial charge >= 0.3 is 11.9 Å². The molecule has 0 amide bonds. The Labute approximate surface area is 215 Å². The first-order valence-electron chi connectivity index (χ1n) is 12.2. The van der Waals surface area contributed by atoms with E-state index in [1.165, 1.54) is 37.1 Å². The molecule has 2 aromatic carbocycles. The van der Waals surface area contributed by atoms with Crippen LogP contribution in [0.1, 0.15) is 71.1 Å². The third kappa shape index (κ3) is 8.46. The minimum atomic E-state index is -1.68. The molecule has 0 spiro atoms. The van der Waals surface area contributed by atoms with Crippen LogP contribution < -0.4 is 0 Å². The van der Waals surface area contributed by atoms with Crippen molar-refractivity contribution in [1.29, 1.82) is 0 Å². The molecule has 0 aliphatic heterocycles. The van der Waals surface area contributed by atoms with Crippen LogP contribution in [-0.4, -0.2) is 43.3 Å². The molecule has 3 rings (SSSR count). The maximum absolute atomic E-state index is 11.7. The van der Waals surface area contributed by atoms with E-state index in [9.17, 15) is 19.8 Å². The summed E-state index contributed by atoms with van der Waals surface area (Å²) in [4.78, 5) is 30.6. The summed E-state index contributed by atoms with van der Waals surface area (Å²) in [7, 11) is 0. The molecule has 7 nitrogen and oxygen atoms in total. The van der Waals surface area contributed by atoms with Crippen LogP contribution in [0.5, 0.6) is 0 Å². The highest BCUT2D eigenvalue weighted by atomic mass is 32.2. The van der Waals surface area contributed by atoms with Crippen LogP contribution in [0.3, 0.4) is 0 Å². The minimum absolute atomic E-state index is 0.290. The lowest BCUT2D eigenvalue weighted by atomic mass is 9.96. The Morgan fingerprint density at radius 1 is 0.806 bits per heavy atom. The van der Waals surface area contributed by atoms with Gasteiger partial charge in [0.25, 0.3) is 0 Å². The molecule has 0 radical (unpaired) electrons. The summed E-state index contributed by atoms with van der Waals surface area (Å²) in [5.41, 5.74) is 3.08. The van der Waals surface area contributed by atoms with Crippen LogP contribution in [0.4, 0.5) is 0 Å². The van der Waals surface area contributed by atoms with Gasteiger partial charge in [0.1, 0.15) is 5.03 Å². The zero-order valence-electron chi connectivity index (χ0n) is 20.1. The molecule has 1 heterocycles. The Morgan fingerprint density at radius 3 is 2.14 bits per heavy atom. The predicted molar refractivity (Wildman–Crippen MR) is 139 cm³/mol. The van der Waals surface area contributed by atoms with Crippen LogP contribution >= 0.6 is 11.8 Å². The van der Waals surface area contributed by atoms with Gasteiger partial charge in [-0.3, -0.25) is 0 Å². The summed E-state index contributed by atoms with van der Waals surface area (Å²) in [5.74, 6) is -2.99. The highest BCUT2D eigenvalue weighted by molar-refractivity contribution is 7.99. The fraction of sp³-hybridized carbons (Fsp3) is 0.357. The van der Waals surface area contributed by atoms with E-state index in [2.05, 4.69) is 34.2 Å². The molecule has 190 valence electrons. The smallest absolute Gasteiger partial charge is 0.373 e. The topological polar surface area (TPSA) is 121 Å². The number of aliphatic hydroxyl groups is 1. The molecule has 2 atom stereocenters. The van der Waals surface area contributed by atoms with Gasteiger partial charge in [-0.25, -0.2) is 19.6 Å². The van der Waals surface area contributed by atoms with Crippen molar-refractivity contribution in [2.45, 2.75) is 67.7 Å². The number of carboxylic acids is 2. The molecule has 0 fully saturated rings. The Bertz CT molecular complexity index is 1130. The molecule has 3 aromatic rings. The molecule has 0 aliphatic carbocycles. The SMILES string of the molecule is O=C(O)c1nccc(SC(c2ccccc2CCCCCCCCc2ccccc2)C(O)C(=O)O)n1. The zero-order valence-corrected chi connectivity index (χ0v) is 20.9. The normalized spacial score (nSPS) is 12.7. The van der Waals surface area contributed by atoms with Crippen LogP contribution in [0.2, 0.25) is 0 Å². The van der Waals surface area contributed by atoms with Gasteiger partial charge < -0.3 is 15.3 Å². The van der Waals surface area contributed by atoms with Crippen molar-refractivity contribution in [2.75, 3.05) is 0 Å². The number of aromatic nitrogens is 2. The second-order valence-corrected chi connectivity index (χ2v) is 9.81.